The van der Waals surface area contributed by atoms with Gasteiger partial charge in [0, 0.05) is 5.56 Å². The smallest absolute Gasteiger partial charge is 0.130 e. The highest BCUT2D eigenvalue weighted by Gasteiger charge is 2.15. The molecule has 0 spiro atoms. The topological polar surface area (TPSA) is 38.0 Å². The molecule has 3 N–H and O–H groups in total. The molecular weight excluding hydrogens is 203 g/mol. The number of aryl methyl sites for hydroxylation is 1. The van der Waals surface area contributed by atoms with E-state index in [2.05, 4.69) is 12.0 Å². The van der Waals surface area contributed by atoms with Crippen molar-refractivity contribution in [2.75, 3.05) is 0 Å². The Balaban J connectivity index is 2.95. The zero-order chi connectivity index (χ0) is 12.1. The molecule has 0 aromatic heterocycles. The van der Waals surface area contributed by atoms with E-state index < -0.39 is 0 Å². The number of nitrogens with two attached hydrogens (primary N) is 1. The summed E-state index contributed by atoms with van der Waals surface area (Å²) in [5, 5.41) is 0. The lowest BCUT2D eigenvalue weighted by Gasteiger charge is -2.18. The van der Waals surface area contributed by atoms with Gasteiger partial charge >= 0.3 is 0 Å². The summed E-state index contributed by atoms with van der Waals surface area (Å²) < 4.78 is 13.9. The summed E-state index contributed by atoms with van der Waals surface area (Å²) in [5.41, 5.74) is 4.96. The van der Waals surface area contributed by atoms with Crippen LogP contribution in [0.15, 0.2) is 30.4 Å². The lowest BCUT2D eigenvalue weighted by molar-refractivity contribution is 0.503. The van der Waals surface area contributed by atoms with E-state index in [-0.39, 0.29) is 11.9 Å². The number of benzene rings is 1. The van der Waals surface area contributed by atoms with Gasteiger partial charge < -0.3 is 0 Å². The minimum absolute atomic E-state index is 0.186. The van der Waals surface area contributed by atoms with Crippen LogP contribution in [0.25, 0.3) is 0 Å². The van der Waals surface area contributed by atoms with Crippen LogP contribution in [0, 0.1) is 12.7 Å². The zero-order valence-corrected chi connectivity index (χ0v) is 9.89. The van der Waals surface area contributed by atoms with E-state index >= 15 is 0 Å². The fourth-order valence-corrected chi connectivity index (χ4v) is 1.63. The lowest BCUT2D eigenvalue weighted by atomic mass is 9.97. The highest BCUT2D eigenvalue weighted by atomic mass is 19.1. The molecule has 0 aliphatic carbocycles. The van der Waals surface area contributed by atoms with E-state index in [4.69, 9.17) is 5.84 Å². The van der Waals surface area contributed by atoms with Gasteiger partial charge in [0.05, 0.1) is 6.04 Å². The third-order valence-corrected chi connectivity index (χ3v) is 2.79. The van der Waals surface area contributed by atoms with E-state index in [0.717, 1.165) is 12.0 Å². The Kier molecular flexibility index (Phi) is 4.65. The normalized spacial score (nSPS) is 12.5. The van der Waals surface area contributed by atoms with Gasteiger partial charge in [-0.3, -0.25) is 11.3 Å². The highest BCUT2D eigenvalue weighted by Crippen LogP contribution is 2.24. The van der Waals surface area contributed by atoms with Gasteiger partial charge in [-0.2, -0.15) is 0 Å². The number of hydrogen-bond acceptors (Lipinski definition) is 2. The summed E-state index contributed by atoms with van der Waals surface area (Å²) >= 11 is 0. The molecule has 1 rings (SSSR count). The Hall–Kier alpha value is -1.19. The third-order valence-electron chi connectivity index (χ3n) is 2.79. The van der Waals surface area contributed by atoms with Crippen LogP contribution < -0.4 is 11.3 Å². The van der Waals surface area contributed by atoms with Crippen LogP contribution >= 0.6 is 0 Å². The number of hydrogen-bond donors (Lipinski definition) is 2. The van der Waals surface area contributed by atoms with E-state index in [1.54, 1.807) is 19.1 Å². The second-order valence-corrected chi connectivity index (χ2v) is 4.01. The van der Waals surface area contributed by atoms with E-state index in [1.165, 1.54) is 0 Å². The molecule has 0 bridgehead atoms. The molecule has 0 aliphatic heterocycles. The fraction of sp³-hybridized carbons (Fsp3) is 0.385. The maximum Gasteiger partial charge on any atom is 0.130 e. The number of halogens is 1. The van der Waals surface area contributed by atoms with Crippen molar-refractivity contribution in [3.63, 3.8) is 0 Å². The number of rotatable bonds is 5. The molecule has 1 atom stereocenters. The maximum atomic E-state index is 13.9. The monoisotopic (exact) mass is 222 g/mol. The summed E-state index contributed by atoms with van der Waals surface area (Å²) in [6, 6.07) is 5.15. The van der Waals surface area contributed by atoms with Gasteiger partial charge in [-0.25, -0.2) is 4.39 Å². The molecule has 0 radical (unpaired) electrons. The van der Waals surface area contributed by atoms with Gasteiger partial charge in [-0.15, -0.1) is 0 Å². The van der Waals surface area contributed by atoms with Crippen molar-refractivity contribution >= 4 is 0 Å². The van der Waals surface area contributed by atoms with Crippen LogP contribution in [0.1, 0.15) is 36.9 Å². The summed E-state index contributed by atoms with van der Waals surface area (Å²) in [4.78, 5) is 0. The second-order valence-electron chi connectivity index (χ2n) is 4.01. The Morgan fingerprint density at radius 3 is 2.81 bits per heavy atom. The minimum Gasteiger partial charge on any atom is -0.271 e. The summed E-state index contributed by atoms with van der Waals surface area (Å²) in [5.74, 6) is 5.28. The molecule has 3 heteroatoms. The van der Waals surface area contributed by atoms with E-state index in [9.17, 15) is 4.39 Å². The predicted molar refractivity (Wildman–Crippen MR) is 65.2 cm³/mol. The molecule has 16 heavy (non-hydrogen) atoms. The van der Waals surface area contributed by atoms with Crippen molar-refractivity contribution in [2.45, 2.75) is 32.7 Å². The third kappa shape index (κ3) is 2.90. The quantitative estimate of drug-likeness (QED) is 0.456. The van der Waals surface area contributed by atoms with Crippen LogP contribution in [0.3, 0.4) is 0 Å². The van der Waals surface area contributed by atoms with Crippen molar-refractivity contribution in [3.05, 3.63) is 47.3 Å². The average Bonchev–Trinajstić information content (AvgIpc) is 2.29. The molecule has 2 nitrogen and oxygen atoms in total. The van der Waals surface area contributed by atoms with Gasteiger partial charge in [0.15, 0.2) is 0 Å². The minimum atomic E-state index is -0.202. The second kappa shape index (κ2) is 5.77. The van der Waals surface area contributed by atoms with Gasteiger partial charge in [-0.1, -0.05) is 37.3 Å². The molecule has 0 saturated carbocycles. The number of nitrogens with one attached hydrogen (secondary N) is 1. The molecule has 0 saturated heterocycles. The van der Waals surface area contributed by atoms with Gasteiger partial charge in [0.2, 0.25) is 0 Å². The summed E-state index contributed by atoms with van der Waals surface area (Å²) in [6.45, 7) is 7.70. The van der Waals surface area contributed by atoms with Crippen molar-refractivity contribution in [3.8, 4) is 0 Å². The molecule has 0 heterocycles. The Labute approximate surface area is 96.3 Å². The van der Waals surface area contributed by atoms with Gasteiger partial charge in [0.25, 0.3) is 0 Å². The molecular formula is C13H19FN2. The first-order chi connectivity index (χ1) is 7.60. The Morgan fingerprint density at radius 1 is 1.56 bits per heavy atom. The average molecular weight is 222 g/mol. The standard InChI is InChI=1S/C13H19FN2/c1-4-9(2)8-12(16-15)11-7-5-6-10(3)13(11)14/h5-7,12,16H,2,4,8,15H2,1,3H3. The lowest BCUT2D eigenvalue weighted by Crippen LogP contribution is -2.29. The molecule has 0 fully saturated rings. The first-order valence-corrected chi connectivity index (χ1v) is 5.48. The molecule has 1 unspecified atom stereocenters. The molecule has 88 valence electrons. The van der Waals surface area contributed by atoms with Gasteiger partial charge in [0.1, 0.15) is 5.82 Å². The van der Waals surface area contributed by atoms with Crippen molar-refractivity contribution in [1.82, 2.24) is 5.43 Å². The van der Waals surface area contributed by atoms with Crippen LogP contribution in [-0.4, -0.2) is 0 Å². The molecule has 0 aliphatic rings. The largest absolute Gasteiger partial charge is 0.271 e. The van der Waals surface area contributed by atoms with Crippen molar-refractivity contribution in [1.29, 1.82) is 0 Å². The molecule has 0 amide bonds. The fourth-order valence-electron chi connectivity index (χ4n) is 1.63. The van der Waals surface area contributed by atoms with Gasteiger partial charge in [-0.05, 0) is 25.3 Å². The summed E-state index contributed by atoms with van der Waals surface area (Å²) in [6.07, 6.45) is 1.54. The van der Waals surface area contributed by atoms with Crippen LogP contribution in [-0.2, 0) is 0 Å². The highest BCUT2D eigenvalue weighted by molar-refractivity contribution is 5.28. The SMILES string of the molecule is C=C(CC)CC(NN)c1cccc(C)c1F. The van der Waals surface area contributed by atoms with Crippen LogP contribution in [0.2, 0.25) is 0 Å². The van der Waals surface area contributed by atoms with Crippen LogP contribution in [0.5, 0.6) is 0 Å². The Morgan fingerprint density at radius 2 is 2.25 bits per heavy atom. The van der Waals surface area contributed by atoms with E-state index in [1.807, 2.05) is 13.0 Å². The Bertz CT molecular complexity index is 374. The summed E-state index contributed by atoms with van der Waals surface area (Å²) in [7, 11) is 0. The van der Waals surface area contributed by atoms with Crippen molar-refractivity contribution < 1.29 is 4.39 Å². The van der Waals surface area contributed by atoms with Crippen LogP contribution in [0.4, 0.5) is 4.39 Å². The zero-order valence-electron chi connectivity index (χ0n) is 9.89. The van der Waals surface area contributed by atoms with Crippen molar-refractivity contribution in [2.24, 2.45) is 5.84 Å². The van der Waals surface area contributed by atoms with E-state index in [0.29, 0.717) is 17.5 Å². The maximum absolute atomic E-state index is 13.9. The molecule has 1 aromatic carbocycles. The predicted octanol–water partition coefficient (Wildman–Crippen LogP) is 2.99. The number of hydrazine groups is 1. The first kappa shape index (κ1) is 12.9. The molecule has 1 aromatic rings. The first-order valence-electron chi connectivity index (χ1n) is 5.48.